The van der Waals surface area contributed by atoms with Crippen molar-refractivity contribution in [2.45, 2.75) is 26.2 Å². The Morgan fingerprint density at radius 2 is 2.12 bits per heavy atom. The quantitative estimate of drug-likeness (QED) is 0.688. The molecule has 0 saturated heterocycles. The Balaban J connectivity index is 1.67. The summed E-state index contributed by atoms with van der Waals surface area (Å²) in [5, 5.41) is 13.4. The van der Waals surface area contributed by atoms with Gasteiger partial charge in [0.15, 0.2) is 0 Å². The summed E-state index contributed by atoms with van der Waals surface area (Å²) in [7, 11) is 0. The zero-order valence-electron chi connectivity index (χ0n) is 13.4. The topological polar surface area (TPSA) is 67.8 Å². The summed E-state index contributed by atoms with van der Waals surface area (Å²) in [4.78, 5) is 16.4. The van der Waals surface area contributed by atoms with Gasteiger partial charge in [-0.05, 0) is 18.6 Å². The van der Waals surface area contributed by atoms with Crippen LogP contribution in [0.1, 0.15) is 30.3 Å². The molecule has 1 aromatic carbocycles. The molecule has 1 amide bonds. The van der Waals surface area contributed by atoms with Crippen molar-refractivity contribution in [3.63, 3.8) is 0 Å². The summed E-state index contributed by atoms with van der Waals surface area (Å²) in [5.74, 6) is -0.221. The third kappa shape index (κ3) is 4.02. The third-order valence-corrected chi connectivity index (χ3v) is 4.42. The second-order valence-electron chi connectivity index (χ2n) is 5.35. The number of hydrogen-bond acceptors (Lipinski definition) is 5. The van der Waals surface area contributed by atoms with E-state index in [-0.39, 0.29) is 5.91 Å². The summed E-state index contributed by atoms with van der Waals surface area (Å²) >= 11 is 1.42. The van der Waals surface area contributed by atoms with E-state index < -0.39 is 0 Å². The highest BCUT2D eigenvalue weighted by Crippen LogP contribution is 2.19. The molecule has 6 heteroatoms. The molecule has 0 fully saturated rings. The number of para-hydroxylation sites is 1. The number of nitrogens with zero attached hydrogens (tertiary/aromatic N) is 3. The van der Waals surface area contributed by atoms with E-state index in [9.17, 15) is 4.79 Å². The number of carbonyl (C=O) groups is 1. The zero-order chi connectivity index (χ0) is 16.8. The molecule has 0 unspecified atom stereocenters. The molecule has 2 aromatic heterocycles. The fourth-order valence-corrected chi connectivity index (χ4v) is 3.09. The van der Waals surface area contributed by atoms with Gasteiger partial charge < -0.3 is 0 Å². The van der Waals surface area contributed by atoms with Gasteiger partial charge in [-0.3, -0.25) is 15.1 Å². The first-order valence-electron chi connectivity index (χ1n) is 7.91. The van der Waals surface area contributed by atoms with E-state index in [0.717, 1.165) is 40.7 Å². The zero-order valence-corrected chi connectivity index (χ0v) is 14.2. The van der Waals surface area contributed by atoms with Crippen molar-refractivity contribution >= 4 is 39.4 Å². The van der Waals surface area contributed by atoms with E-state index in [1.54, 1.807) is 12.3 Å². The molecule has 24 heavy (non-hydrogen) atoms. The van der Waals surface area contributed by atoms with Crippen LogP contribution in [-0.4, -0.2) is 21.1 Å². The molecule has 0 aliphatic heterocycles. The molecular weight excluding hydrogens is 320 g/mol. The van der Waals surface area contributed by atoms with Crippen LogP contribution in [0.25, 0.3) is 17.0 Å². The highest BCUT2D eigenvalue weighted by atomic mass is 32.1. The van der Waals surface area contributed by atoms with Crippen molar-refractivity contribution in [1.82, 2.24) is 15.2 Å². The molecule has 0 aliphatic rings. The van der Waals surface area contributed by atoms with E-state index in [4.69, 9.17) is 0 Å². The Kier molecular flexibility index (Phi) is 5.28. The van der Waals surface area contributed by atoms with Gasteiger partial charge in [-0.2, -0.15) is 0 Å². The van der Waals surface area contributed by atoms with Crippen molar-refractivity contribution in [3.05, 3.63) is 53.2 Å². The lowest BCUT2D eigenvalue weighted by Gasteiger charge is -2.00. The number of benzene rings is 1. The summed E-state index contributed by atoms with van der Waals surface area (Å²) in [5.41, 5.74) is 1.78. The Labute approximate surface area is 144 Å². The minimum atomic E-state index is -0.221. The maximum absolute atomic E-state index is 12.1. The van der Waals surface area contributed by atoms with Crippen molar-refractivity contribution in [1.29, 1.82) is 0 Å². The van der Waals surface area contributed by atoms with Crippen LogP contribution < -0.4 is 5.32 Å². The molecule has 0 radical (unpaired) electrons. The van der Waals surface area contributed by atoms with Gasteiger partial charge in [0.05, 0.1) is 5.52 Å². The van der Waals surface area contributed by atoms with Crippen LogP contribution in [-0.2, 0) is 11.2 Å². The van der Waals surface area contributed by atoms with Crippen molar-refractivity contribution < 1.29 is 4.79 Å². The molecular formula is C18H18N4OS. The molecule has 0 bridgehead atoms. The van der Waals surface area contributed by atoms with Gasteiger partial charge in [-0.15, -0.1) is 10.2 Å². The average molecular weight is 338 g/mol. The predicted octanol–water partition coefficient (Wildman–Crippen LogP) is 4.08. The van der Waals surface area contributed by atoms with Crippen LogP contribution >= 0.6 is 11.3 Å². The Morgan fingerprint density at radius 3 is 3.00 bits per heavy atom. The summed E-state index contributed by atoms with van der Waals surface area (Å²) in [6, 6.07) is 9.78. The number of fused-ring (bicyclic) bond motifs is 1. The first kappa shape index (κ1) is 16.3. The largest absolute Gasteiger partial charge is 0.297 e. The second-order valence-corrected chi connectivity index (χ2v) is 6.41. The molecule has 122 valence electrons. The molecule has 1 N–H and O–H groups in total. The van der Waals surface area contributed by atoms with Crippen LogP contribution in [0.4, 0.5) is 5.13 Å². The van der Waals surface area contributed by atoms with Crippen LogP contribution in [0.15, 0.2) is 42.6 Å². The number of anilines is 1. The number of amides is 1. The van der Waals surface area contributed by atoms with Gasteiger partial charge in [-0.1, -0.05) is 48.9 Å². The third-order valence-electron chi connectivity index (χ3n) is 3.52. The maximum Gasteiger partial charge on any atom is 0.250 e. The van der Waals surface area contributed by atoms with Crippen LogP contribution in [0.3, 0.4) is 0 Å². The van der Waals surface area contributed by atoms with Gasteiger partial charge >= 0.3 is 0 Å². The first-order chi connectivity index (χ1) is 11.8. The van der Waals surface area contributed by atoms with Crippen molar-refractivity contribution in [2.75, 3.05) is 5.32 Å². The molecule has 0 aliphatic carbocycles. The highest BCUT2D eigenvalue weighted by molar-refractivity contribution is 7.15. The van der Waals surface area contributed by atoms with Gasteiger partial charge in [0, 0.05) is 29.6 Å². The summed E-state index contributed by atoms with van der Waals surface area (Å²) < 4.78 is 0. The molecule has 0 atom stereocenters. The van der Waals surface area contributed by atoms with Crippen molar-refractivity contribution in [2.24, 2.45) is 0 Å². The molecule has 0 saturated carbocycles. The number of unbranched alkanes of at least 4 members (excludes halogenated alkanes) is 1. The summed E-state index contributed by atoms with van der Waals surface area (Å²) in [6.07, 6.45) is 8.11. The predicted molar refractivity (Wildman–Crippen MR) is 97.9 cm³/mol. The van der Waals surface area contributed by atoms with Gasteiger partial charge in [0.1, 0.15) is 5.01 Å². The molecule has 3 aromatic rings. The normalized spacial score (nSPS) is 11.2. The number of hydrogen-bond donors (Lipinski definition) is 1. The second kappa shape index (κ2) is 7.79. The lowest BCUT2D eigenvalue weighted by Crippen LogP contribution is -2.07. The average Bonchev–Trinajstić information content (AvgIpc) is 3.05. The molecule has 5 nitrogen and oxygen atoms in total. The smallest absolute Gasteiger partial charge is 0.250 e. The summed E-state index contributed by atoms with van der Waals surface area (Å²) in [6.45, 7) is 2.14. The number of nitrogens with one attached hydrogen (secondary N) is 1. The number of aromatic nitrogens is 3. The van der Waals surface area contributed by atoms with E-state index in [0.29, 0.717) is 5.13 Å². The lowest BCUT2D eigenvalue weighted by atomic mass is 10.1. The van der Waals surface area contributed by atoms with Crippen LogP contribution in [0, 0.1) is 0 Å². The SMILES string of the molecule is CCCCc1nnc(NC(=O)/C=C/c2cccc3cccnc23)s1. The minimum Gasteiger partial charge on any atom is -0.297 e. The van der Waals surface area contributed by atoms with Crippen LogP contribution in [0.5, 0.6) is 0 Å². The van der Waals surface area contributed by atoms with E-state index in [1.165, 1.54) is 17.4 Å². The standard InChI is InChI=1S/C18H18N4OS/c1-2-3-9-16-21-22-18(24-16)20-15(23)11-10-14-7-4-6-13-8-5-12-19-17(13)14/h4-8,10-12H,2-3,9H2,1H3,(H,20,22,23)/b11-10+. The first-order valence-corrected chi connectivity index (χ1v) is 8.73. The fourth-order valence-electron chi connectivity index (χ4n) is 2.31. The van der Waals surface area contributed by atoms with Crippen molar-refractivity contribution in [3.8, 4) is 0 Å². The van der Waals surface area contributed by atoms with E-state index in [2.05, 4.69) is 27.4 Å². The van der Waals surface area contributed by atoms with Gasteiger partial charge in [0.2, 0.25) is 11.0 Å². The maximum atomic E-state index is 12.1. The number of carbonyl (C=O) groups excluding carboxylic acids is 1. The van der Waals surface area contributed by atoms with Gasteiger partial charge in [0.25, 0.3) is 0 Å². The molecule has 0 spiro atoms. The monoisotopic (exact) mass is 338 g/mol. The highest BCUT2D eigenvalue weighted by Gasteiger charge is 2.06. The Bertz CT molecular complexity index is 867. The number of pyridine rings is 1. The van der Waals surface area contributed by atoms with E-state index >= 15 is 0 Å². The Hall–Kier alpha value is -2.60. The molecule has 2 heterocycles. The Morgan fingerprint density at radius 1 is 1.25 bits per heavy atom. The van der Waals surface area contributed by atoms with Gasteiger partial charge in [-0.25, -0.2) is 0 Å². The number of aryl methyl sites for hydroxylation is 1. The fraction of sp³-hybridized carbons (Fsp3) is 0.222. The van der Waals surface area contributed by atoms with Crippen LogP contribution in [0.2, 0.25) is 0 Å². The minimum absolute atomic E-state index is 0.221. The lowest BCUT2D eigenvalue weighted by molar-refractivity contribution is -0.111. The molecule has 3 rings (SSSR count). The van der Waals surface area contributed by atoms with E-state index in [1.807, 2.05) is 30.3 Å². The number of rotatable bonds is 6.